The Bertz CT molecular complexity index is 428. The lowest BCUT2D eigenvalue weighted by Gasteiger charge is -2.05. The normalized spacial score (nSPS) is 10.6. The lowest BCUT2D eigenvalue weighted by molar-refractivity contribution is 0.530. The van der Waals surface area contributed by atoms with E-state index < -0.39 is 0 Å². The number of rotatable bonds is 5. The molecule has 0 saturated carbocycles. The molecule has 2 N–H and O–H groups in total. The van der Waals surface area contributed by atoms with E-state index in [1.54, 1.807) is 18.0 Å². The molecule has 16 heavy (non-hydrogen) atoms. The predicted octanol–water partition coefficient (Wildman–Crippen LogP) is 2.47. The van der Waals surface area contributed by atoms with E-state index in [0.29, 0.717) is 6.54 Å². The number of nitrogens with zero attached hydrogens (tertiary/aromatic N) is 1. The lowest BCUT2D eigenvalue weighted by Crippen LogP contribution is -2.04. The first kappa shape index (κ1) is 11.2. The van der Waals surface area contributed by atoms with E-state index >= 15 is 0 Å². The molecule has 0 saturated heterocycles. The summed E-state index contributed by atoms with van der Waals surface area (Å²) >= 11 is 1.68. The van der Waals surface area contributed by atoms with Crippen LogP contribution in [0.25, 0.3) is 0 Å². The van der Waals surface area contributed by atoms with E-state index in [9.17, 15) is 0 Å². The highest BCUT2D eigenvalue weighted by Crippen LogP contribution is 2.24. The number of aromatic nitrogens is 1. The highest BCUT2D eigenvalue weighted by molar-refractivity contribution is 7.98. The molecular weight excluding hydrogens is 220 g/mol. The van der Waals surface area contributed by atoms with Crippen LogP contribution in [0.1, 0.15) is 11.3 Å². The number of furan rings is 1. The van der Waals surface area contributed by atoms with Crippen LogP contribution in [0, 0.1) is 0 Å². The highest BCUT2D eigenvalue weighted by atomic mass is 32.2. The van der Waals surface area contributed by atoms with Crippen LogP contribution < -0.4 is 5.73 Å². The Labute approximate surface area is 99.1 Å². The monoisotopic (exact) mass is 234 g/mol. The molecule has 0 amide bonds. The molecular formula is C12H14N2OS. The molecule has 84 valence electrons. The van der Waals surface area contributed by atoms with Gasteiger partial charge in [-0.15, -0.1) is 0 Å². The summed E-state index contributed by atoms with van der Waals surface area (Å²) in [5, 5.41) is 1.05. The topological polar surface area (TPSA) is 52.0 Å². The molecule has 0 atom stereocenters. The summed E-state index contributed by atoms with van der Waals surface area (Å²) in [6.07, 6.45) is 4.37. The second-order valence-corrected chi connectivity index (χ2v) is 4.34. The van der Waals surface area contributed by atoms with Gasteiger partial charge in [-0.05, 0) is 36.7 Å². The fourth-order valence-corrected chi connectivity index (χ4v) is 2.37. The quantitative estimate of drug-likeness (QED) is 0.807. The van der Waals surface area contributed by atoms with Gasteiger partial charge in [-0.25, -0.2) is 4.98 Å². The number of pyridine rings is 1. The van der Waals surface area contributed by atoms with Gasteiger partial charge in [0.25, 0.3) is 0 Å². The smallest absolute Gasteiger partial charge is 0.114 e. The van der Waals surface area contributed by atoms with Crippen LogP contribution in [0.4, 0.5) is 0 Å². The van der Waals surface area contributed by atoms with Crippen molar-refractivity contribution >= 4 is 11.8 Å². The molecule has 4 heteroatoms. The fraction of sp³-hybridized carbons (Fsp3) is 0.250. The molecule has 3 nitrogen and oxygen atoms in total. The minimum absolute atomic E-state index is 0.653. The third-order valence-corrected chi connectivity index (χ3v) is 3.26. The van der Waals surface area contributed by atoms with Crippen molar-refractivity contribution in [2.75, 3.05) is 6.54 Å². The van der Waals surface area contributed by atoms with Crippen molar-refractivity contribution in [2.45, 2.75) is 17.2 Å². The Morgan fingerprint density at radius 3 is 3.00 bits per heavy atom. The summed E-state index contributed by atoms with van der Waals surface area (Å²) in [4.78, 5) is 4.36. The van der Waals surface area contributed by atoms with Gasteiger partial charge in [-0.3, -0.25) is 0 Å². The molecule has 0 radical (unpaired) electrons. The Morgan fingerprint density at radius 2 is 2.25 bits per heavy atom. The molecule has 0 unspecified atom stereocenters. The zero-order chi connectivity index (χ0) is 11.2. The standard InChI is InChI=1S/C12H14N2OS/c13-6-5-10-3-1-7-14-12(10)16-9-11-4-2-8-15-11/h1-4,7-8H,5-6,9,13H2. The molecule has 0 aliphatic heterocycles. The number of hydrogen-bond acceptors (Lipinski definition) is 4. The summed E-state index contributed by atoms with van der Waals surface area (Å²) in [6.45, 7) is 0.653. The minimum Gasteiger partial charge on any atom is -0.468 e. The Hall–Kier alpha value is -1.26. The lowest BCUT2D eigenvalue weighted by atomic mass is 10.2. The predicted molar refractivity (Wildman–Crippen MR) is 65.3 cm³/mol. The average Bonchev–Trinajstić information content (AvgIpc) is 2.81. The van der Waals surface area contributed by atoms with Crippen LogP contribution in [-0.4, -0.2) is 11.5 Å². The number of hydrogen-bond donors (Lipinski definition) is 1. The van der Waals surface area contributed by atoms with E-state index in [4.69, 9.17) is 10.2 Å². The Morgan fingerprint density at radius 1 is 1.31 bits per heavy atom. The van der Waals surface area contributed by atoms with Gasteiger partial charge in [0.15, 0.2) is 0 Å². The van der Waals surface area contributed by atoms with Crippen molar-refractivity contribution in [1.29, 1.82) is 0 Å². The third kappa shape index (κ3) is 2.87. The van der Waals surface area contributed by atoms with Crippen molar-refractivity contribution in [2.24, 2.45) is 5.73 Å². The second kappa shape index (κ2) is 5.72. The molecule has 0 aromatic carbocycles. The van der Waals surface area contributed by atoms with Crippen LogP contribution in [0.15, 0.2) is 46.2 Å². The van der Waals surface area contributed by atoms with Gasteiger partial charge in [-0.1, -0.05) is 17.8 Å². The van der Waals surface area contributed by atoms with Gasteiger partial charge < -0.3 is 10.2 Å². The summed E-state index contributed by atoms with van der Waals surface area (Å²) < 4.78 is 5.28. The summed E-state index contributed by atoms with van der Waals surface area (Å²) in [5.74, 6) is 1.77. The molecule has 0 aliphatic rings. The molecule has 2 aromatic heterocycles. The first-order chi connectivity index (χ1) is 7.90. The van der Waals surface area contributed by atoms with Crippen molar-refractivity contribution in [1.82, 2.24) is 4.98 Å². The van der Waals surface area contributed by atoms with Gasteiger partial charge in [0.2, 0.25) is 0 Å². The Kier molecular flexibility index (Phi) is 4.02. The van der Waals surface area contributed by atoms with Crippen molar-refractivity contribution < 1.29 is 4.42 Å². The summed E-state index contributed by atoms with van der Waals surface area (Å²) in [5.41, 5.74) is 6.77. The third-order valence-electron chi connectivity index (χ3n) is 2.19. The second-order valence-electron chi connectivity index (χ2n) is 3.37. The van der Waals surface area contributed by atoms with E-state index in [2.05, 4.69) is 11.1 Å². The minimum atomic E-state index is 0.653. The van der Waals surface area contributed by atoms with Crippen LogP contribution in [0.5, 0.6) is 0 Å². The molecule has 0 fully saturated rings. The molecule has 0 spiro atoms. The van der Waals surface area contributed by atoms with Gasteiger partial charge in [0, 0.05) is 6.20 Å². The van der Waals surface area contributed by atoms with Crippen LogP contribution in [0.3, 0.4) is 0 Å². The van der Waals surface area contributed by atoms with Gasteiger partial charge in [-0.2, -0.15) is 0 Å². The number of nitrogens with two attached hydrogens (primary N) is 1. The van der Waals surface area contributed by atoms with Crippen LogP contribution in [0.2, 0.25) is 0 Å². The molecule has 2 heterocycles. The average molecular weight is 234 g/mol. The maximum atomic E-state index is 5.56. The maximum absolute atomic E-state index is 5.56. The SMILES string of the molecule is NCCc1cccnc1SCc1ccco1. The first-order valence-corrected chi connectivity index (χ1v) is 6.18. The summed E-state index contributed by atoms with van der Waals surface area (Å²) in [6, 6.07) is 7.89. The molecule has 2 rings (SSSR count). The maximum Gasteiger partial charge on any atom is 0.114 e. The number of thioether (sulfide) groups is 1. The van der Waals surface area contributed by atoms with Crippen molar-refractivity contribution in [3.8, 4) is 0 Å². The van der Waals surface area contributed by atoms with Gasteiger partial charge in [0.05, 0.1) is 17.0 Å². The molecule has 0 aliphatic carbocycles. The zero-order valence-electron chi connectivity index (χ0n) is 8.93. The van der Waals surface area contributed by atoms with Gasteiger partial charge >= 0.3 is 0 Å². The largest absolute Gasteiger partial charge is 0.468 e. The summed E-state index contributed by atoms with van der Waals surface area (Å²) in [7, 11) is 0. The van der Waals surface area contributed by atoms with E-state index in [1.165, 1.54) is 5.56 Å². The van der Waals surface area contributed by atoms with Crippen molar-refractivity contribution in [3.05, 3.63) is 48.0 Å². The zero-order valence-corrected chi connectivity index (χ0v) is 9.74. The van der Waals surface area contributed by atoms with Crippen molar-refractivity contribution in [3.63, 3.8) is 0 Å². The Balaban J connectivity index is 2.03. The van der Waals surface area contributed by atoms with E-state index in [-0.39, 0.29) is 0 Å². The first-order valence-electron chi connectivity index (χ1n) is 5.19. The van der Waals surface area contributed by atoms with E-state index in [0.717, 1.165) is 23.0 Å². The van der Waals surface area contributed by atoms with Crippen LogP contribution >= 0.6 is 11.8 Å². The van der Waals surface area contributed by atoms with Crippen LogP contribution in [-0.2, 0) is 12.2 Å². The van der Waals surface area contributed by atoms with E-state index in [1.807, 2.05) is 24.4 Å². The highest BCUT2D eigenvalue weighted by Gasteiger charge is 2.04. The van der Waals surface area contributed by atoms with Gasteiger partial charge in [0.1, 0.15) is 5.76 Å². The molecule has 2 aromatic rings. The molecule has 0 bridgehead atoms. The fourth-order valence-electron chi connectivity index (χ4n) is 1.43.